The average molecular weight is 314 g/mol. The van der Waals surface area contributed by atoms with Crippen molar-refractivity contribution in [2.45, 2.75) is 17.7 Å². The highest BCUT2D eigenvalue weighted by Crippen LogP contribution is 2.29. The summed E-state index contributed by atoms with van der Waals surface area (Å²) >= 11 is 4.88. The highest BCUT2D eigenvalue weighted by atomic mass is 32.2. The van der Waals surface area contributed by atoms with Crippen LogP contribution in [0.1, 0.15) is 12.8 Å². The molecule has 0 spiro atoms. The monoisotopic (exact) mass is 314 g/mol. The number of hydrogen-bond donors (Lipinski definition) is 3. The fraction of sp³-hybridized carbons (Fsp3) is 0.273. The predicted molar refractivity (Wildman–Crippen MR) is 77.9 cm³/mol. The van der Waals surface area contributed by atoms with Gasteiger partial charge in [-0.1, -0.05) is 0 Å². The van der Waals surface area contributed by atoms with Crippen LogP contribution in [0.25, 0.3) is 0 Å². The fourth-order valence-corrected chi connectivity index (χ4v) is 2.25. The number of rotatable bonds is 3. The van der Waals surface area contributed by atoms with Crippen LogP contribution in [-0.4, -0.2) is 19.4 Å². The molecule has 0 aromatic heterocycles. The zero-order valence-electron chi connectivity index (χ0n) is 10.4. The molecular weight excluding hydrogens is 300 g/mol. The van der Waals surface area contributed by atoms with Crippen LogP contribution in [0.5, 0.6) is 0 Å². The molecule has 0 radical (unpaired) electrons. The molecule has 0 aliphatic heterocycles. The Bertz CT molecular complexity index is 638. The number of nitrogens with one attached hydrogen (secondary N) is 1. The van der Waals surface area contributed by atoms with Gasteiger partial charge in [0, 0.05) is 5.92 Å². The first-order chi connectivity index (χ1) is 9.29. The Morgan fingerprint density at radius 1 is 1.30 bits per heavy atom. The van der Waals surface area contributed by atoms with E-state index in [1.807, 2.05) is 0 Å². The average Bonchev–Trinajstić information content (AvgIpc) is 3.18. The van der Waals surface area contributed by atoms with E-state index in [0.29, 0.717) is 5.69 Å². The standard InChI is InChI=1S/C11H14N4O3S2/c12-11(19)15(14-10(16)7-1-2-7)8-3-5-9(6-4-8)20(13,17)18/h3-7H,1-2H2,(H2,12,19)(H,14,16)(H2,13,17,18). The lowest BCUT2D eigenvalue weighted by molar-refractivity contribution is -0.122. The Morgan fingerprint density at radius 2 is 1.85 bits per heavy atom. The molecule has 0 atom stereocenters. The number of thiocarbonyl (C=S) groups is 1. The molecule has 108 valence electrons. The summed E-state index contributed by atoms with van der Waals surface area (Å²) in [5.41, 5.74) is 8.62. The molecule has 1 aromatic carbocycles. The fourth-order valence-electron chi connectivity index (χ4n) is 1.58. The van der Waals surface area contributed by atoms with Crippen LogP contribution in [0.2, 0.25) is 0 Å². The number of primary sulfonamides is 1. The van der Waals surface area contributed by atoms with Gasteiger partial charge >= 0.3 is 0 Å². The first kappa shape index (κ1) is 14.7. The van der Waals surface area contributed by atoms with Crippen molar-refractivity contribution in [2.75, 3.05) is 5.01 Å². The van der Waals surface area contributed by atoms with Crippen LogP contribution < -0.4 is 21.3 Å². The van der Waals surface area contributed by atoms with E-state index in [9.17, 15) is 13.2 Å². The minimum absolute atomic E-state index is 0.00413. The molecule has 0 saturated heterocycles. The number of hydrogen-bond acceptors (Lipinski definition) is 4. The van der Waals surface area contributed by atoms with Crippen molar-refractivity contribution in [2.24, 2.45) is 16.8 Å². The Hall–Kier alpha value is -1.71. The number of benzene rings is 1. The van der Waals surface area contributed by atoms with Crippen molar-refractivity contribution in [3.05, 3.63) is 24.3 Å². The van der Waals surface area contributed by atoms with Crippen LogP contribution in [0.15, 0.2) is 29.2 Å². The zero-order chi connectivity index (χ0) is 14.9. The first-order valence-corrected chi connectivity index (χ1v) is 7.77. The van der Waals surface area contributed by atoms with Crippen LogP contribution >= 0.6 is 12.2 Å². The molecule has 0 unspecified atom stereocenters. The molecule has 5 N–H and O–H groups in total. The Labute approximate surface area is 121 Å². The predicted octanol–water partition coefficient (Wildman–Crippen LogP) is -0.175. The summed E-state index contributed by atoms with van der Waals surface area (Å²) in [7, 11) is -3.76. The van der Waals surface area contributed by atoms with Crippen molar-refractivity contribution in [3.63, 3.8) is 0 Å². The van der Waals surface area contributed by atoms with Crippen molar-refractivity contribution in [3.8, 4) is 0 Å². The highest BCUT2D eigenvalue weighted by Gasteiger charge is 2.31. The SMILES string of the molecule is NC(=S)N(NC(=O)C1CC1)c1ccc(S(N)(=O)=O)cc1. The summed E-state index contributed by atoms with van der Waals surface area (Å²) in [6.07, 6.45) is 1.70. The maximum absolute atomic E-state index is 11.7. The third-order valence-electron chi connectivity index (χ3n) is 2.81. The van der Waals surface area contributed by atoms with Gasteiger partial charge in [-0.15, -0.1) is 0 Å². The molecule has 2 rings (SSSR count). The van der Waals surface area contributed by atoms with E-state index in [2.05, 4.69) is 5.43 Å². The number of nitrogens with zero attached hydrogens (tertiary/aromatic N) is 1. The van der Waals surface area contributed by atoms with Crippen LogP contribution in [-0.2, 0) is 14.8 Å². The number of sulfonamides is 1. The molecular formula is C11H14N4O3S2. The van der Waals surface area contributed by atoms with Gasteiger partial charge in [-0.25, -0.2) is 18.6 Å². The summed E-state index contributed by atoms with van der Waals surface area (Å²) < 4.78 is 22.3. The number of carbonyl (C=O) groups excluding carboxylic acids is 1. The van der Waals surface area contributed by atoms with Gasteiger partial charge in [0.2, 0.25) is 15.9 Å². The van der Waals surface area contributed by atoms with Crippen molar-refractivity contribution in [1.29, 1.82) is 0 Å². The number of anilines is 1. The highest BCUT2D eigenvalue weighted by molar-refractivity contribution is 7.89. The molecule has 1 amide bonds. The first-order valence-electron chi connectivity index (χ1n) is 5.82. The zero-order valence-corrected chi connectivity index (χ0v) is 12.1. The number of hydrazine groups is 1. The largest absolute Gasteiger partial charge is 0.374 e. The molecule has 20 heavy (non-hydrogen) atoms. The number of amides is 1. The van der Waals surface area contributed by atoms with Gasteiger partial charge in [0.25, 0.3) is 0 Å². The van der Waals surface area contributed by atoms with Gasteiger partial charge in [-0.05, 0) is 49.3 Å². The van der Waals surface area contributed by atoms with E-state index in [-0.39, 0.29) is 21.8 Å². The Kier molecular flexibility index (Phi) is 3.93. The number of carbonyl (C=O) groups is 1. The third kappa shape index (κ3) is 3.44. The van der Waals surface area contributed by atoms with Crippen LogP contribution in [0.3, 0.4) is 0 Å². The molecule has 1 aliphatic rings. The second-order valence-electron chi connectivity index (χ2n) is 4.46. The third-order valence-corrected chi connectivity index (χ3v) is 3.93. The molecule has 1 aliphatic carbocycles. The van der Waals surface area contributed by atoms with E-state index in [0.717, 1.165) is 12.8 Å². The van der Waals surface area contributed by atoms with Gasteiger partial charge in [0.1, 0.15) is 0 Å². The van der Waals surface area contributed by atoms with Gasteiger partial charge < -0.3 is 5.73 Å². The minimum atomic E-state index is -3.76. The maximum atomic E-state index is 11.7. The van der Waals surface area contributed by atoms with E-state index in [1.54, 1.807) is 0 Å². The summed E-state index contributed by atoms with van der Waals surface area (Å²) in [4.78, 5) is 11.7. The molecule has 0 bridgehead atoms. The van der Waals surface area contributed by atoms with Gasteiger partial charge in [0.05, 0.1) is 10.6 Å². The molecule has 1 aromatic rings. The smallest absolute Gasteiger partial charge is 0.241 e. The quantitative estimate of drug-likeness (QED) is 0.526. The lowest BCUT2D eigenvalue weighted by Crippen LogP contribution is -2.49. The van der Waals surface area contributed by atoms with E-state index < -0.39 is 10.0 Å². The molecule has 1 saturated carbocycles. The van der Waals surface area contributed by atoms with Crippen molar-refractivity contribution >= 4 is 38.9 Å². The minimum Gasteiger partial charge on any atom is -0.374 e. The second kappa shape index (κ2) is 5.35. The topological polar surface area (TPSA) is 119 Å². The van der Waals surface area contributed by atoms with Gasteiger partial charge in [0.15, 0.2) is 5.11 Å². The van der Waals surface area contributed by atoms with Gasteiger partial charge in [-0.3, -0.25) is 10.2 Å². The number of nitrogens with two attached hydrogens (primary N) is 2. The summed E-state index contributed by atoms with van der Waals surface area (Å²) in [5.74, 6) is -0.163. The lowest BCUT2D eigenvalue weighted by atomic mass is 10.3. The van der Waals surface area contributed by atoms with E-state index in [1.165, 1.54) is 29.3 Å². The second-order valence-corrected chi connectivity index (χ2v) is 6.44. The van der Waals surface area contributed by atoms with Crippen LogP contribution in [0, 0.1) is 5.92 Å². The molecule has 9 heteroatoms. The van der Waals surface area contributed by atoms with E-state index in [4.69, 9.17) is 23.1 Å². The Morgan fingerprint density at radius 3 is 2.25 bits per heavy atom. The van der Waals surface area contributed by atoms with Gasteiger partial charge in [-0.2, -0.15) is 0 Å². The van der Waals surface area contributed by atoms with Crippen molar-refractivity contribution in [1.82, 2.24) is 5.43 Å². The Balaban J connectivity index is 2.21. The molecule has 1 fully saturated rings. The van der Waals surface area contributed by atoms with Crippen LogP contribution in [0.4, 0.5) is 5.69 Å². The summed E-state index contributed by atoms with van der Waals surface area (Å²) in [6, 6.07) is 5.57. The van der Waals surface area contributed by atoms with E-state index >= 15 is 0 Å². The summed E-state index contributed by atoms with van der Waals surface area (Å²) in [5, 5.41) is 6.21. The maximum Gasteiger partial charge on any atom is 0.241 e. The molecule has 0 heterocycles. The molecule has 7 nitrogen and oxygen atoms in total. The summed E-state index contributed by atoms with van der Waals surface area (Å²) in [6.45, 7) is 0. The van der Waals surface area contributed by atoms with Crippen molar-refractivity contribution < 1.29 is 13.2 Å². The lowest BCUT2D eigenvalue weighted by Gasteiger charge is -2.23. The normalized spacial score (nSPS) is 14.7.